The molecule has 0 fully saturated rings. The lowest BCUT2D eigenvalue weighted by molar-refractivity contribution is 0.627. The number of halogens is 2. The van der Waals surface area contributed by atoms with E-state index in [4.69, 9.17) is 0 Å². The highest BCUT2D eigenvalue weighted by Crippen LogP contribution is 2.28. The molecule has 0 unspecified atom stereocenters. The molecule has 0 nitrogen and oxygen atoms in total. The van der Waals surface area contributed by atoms with Crippen LogP contribution in [0.15, 0.2) is 46.9 Å². The van der Waals surface area contributed by atoms with Crippen LogP contribution in [0.2, 0.25) is 0 Å². The van der Waals surface area contributed by atoms with Gasteiger partial charge in [-0.1, -0.05) is 51.8 Å². The van der Waals surface area contributed by atoms with Crippen molar-refractivity contribution in [3.05, 3.63) is 58.3 Å². The first kappa shape index (κ1) is 10.4. The Labute approximate surface area is 96.9 Å². The Morgan fingerprint density at radius 2 is 1.67 bits per heavy atom. The Morgan fingerprint density at radius 1 is 1.00 bits per heavy atom. The van der Waals surface area contributed by atoms with Gasteiger partial charge in [-0.25, -0.2) is 4.39 Å². The van der Waals surface area contributed by atoms with E-state index >= 15 is 0 Å². The molecule has 0 spiro atoms. The number of aryl methyl sites for hydroxylation is 1. The lowest BCUT2D eigenvalue weighted by Gasteiger charge is -2.05. The van der Waals surface area contributed by atoms with Crippen molar-refractivity contribution in [2.45, 2.75) is 6.92 Å². The molecule has 0 aromatic heterocycles. The van der Waals surface area contributed by atoms with Crippen molar-refractivity contribution in [1.29, 1.82) is 0 Å². The monoisotopic (exact) mass is 264 g/mol. The Hall–Kier alpha value is -1.15. The van der Waals surface area contributed by atoms with E-state index in [0.29, 0.717) is 0 Å². The van der Waals surface area contributed by atoms with E-state index in [0.717, 1.165) is 15.6 Å². The van der Waals surface area contributed by atoms with Gasteiger partial charge in [0.05, 0.1) is 0 Å². The standard InChI is InChI=1S/C13H10BrF/c1-9-2-4-10(5-3-9)12-7-6-11(15)8-13(12)14/h2-8H,1H3. The summed E-state index contributed by atoms with van der Waals surface area (Å²) in [6, 6.07) is 12.9. The lowest BCUT2D eigenvalue weighted by Crippen LogP contribution is -1.82. The molecule has 2 rings (SSSR count). The minimum atomic E-state index is -0.224. The van der Waals surface area contributed by atoms with Crippen LogP contribution in [0.25, 0.3) is 11.1 Å². The molecule has 2 aromatic rings. The van der Waals surface area contributed by atoms with Gasteiger partial charge >= 0.3 is 0 Å². The lowest BCUT2D eigenvalue weighted by atomic mass is 10.0. The van der Waals surface area contributed by atoms with Gasteiger partial charge in [0, 0.05) is 4.47 Å². The van der Waals surface area contributed by atoms with Crippen LogP contribution in [0.3, 0.4) is 0 Å². The molecule has 0 aliphatic heterocycles. The van der Waals surface area contributed by atoms with Crippen molar-refractivity contribution < 1.29 is 4.39 Å². The number of hydrogen-bond donors (Lipinski definition) is 0. The zero-order chi connectivity index (χ0) is 10.8. The zero-order valence-corrected chi connectivity index (χ0v) is 9.88. The summed E-state index contributed by atoms with van der Waals surface area (Å²) >= 11 is 3.36. The summed E-state index contributed by atoms with van der Waals surface area (Å²) in [7, 11) is 0. The van der Waals surface area contributed by atoms with Crippen LogP contribution in [0, 0.1) is 12.7 Å². The Kier molecular flexibility index (Phi) is 2.87. The summed E-state index contributed by atoms with van der Waals surface area (Å²) in [5, 5.41) is 0. The zero-order valence-electron chi connectivity index (χ0n) is 8.30. The van der Waals surface area contributed by atoms with Crippen LogP contribution >= 0.6 is 15.9 Å². The highest BCUT2D eigenvalue weighted by molar-refractivity contribution is 9.10. The van der Waals surface area contributed by atoms with Crippen molar-refractivity contribution in [3.8, 4) is 11.1 Å². The van der Waals surface area contributed by atoms with E-state index in [1.807, 2.05) is 31.2 Å². The SMILES string of the molecule is Cc1ccc(-c2ccc(F)cc2Br)cc1. The number of hydrogen-bond acceptors (Lipinski definition) is 0. The molecule has 76 valence electrons. The van der Waals surface area contributed by atoms with Crippen molar-refractivity contribution in [1.82, 2.24) is 0 Å². The molecule has 2 aromatic carbocycles. The van der Waals surface area contributed by atoms with Gasteiger partial charge in [-0.15, -0.1) is 0 Å². The van der Waals surface area contributed by atoms with Crippen LogP contribution in [-0.2, 0) is 0 Å². The average molecular weight is 265 g/mol. The maximum Gasteiger partial charge on any atom is 0.124 e. The molecule has 0 amide bonds. The van der Waals surface area contributed by atoms with E-state index < -0.39 is 0 Å². The van der Waals surface area contributed by atoms with Crippen molar-refractivity contribution in [2.75, 3.05) is 0 Å². The smallest absolute Gasteiger partial charge is 0.124 e. The largest absolute Gasteiger partial charge is 0.207 e. The van der Waals surface area contributed by atoms with E-state index in [-0.39, 0.29) is 5.82 Å². The highest BCUT2D eigenvalue weighted by Gasteiger charge is 2.03. The molecule has 0 atom stereocenters. The molecule has 15 heavy (non-hydrogen) atoms. The Balaban J connectivity index is 2.49. The second-order valence-corrected chi connectivity index (χ2v) is 4.34. The predicted octanol–water partition coefficient (Wildman–Crippen LogP) is 4.56. The first-order valence-electron chi connectivity index (χ1n) is 4.69. The van der Waals surface area contributed by atoms with E-state index in [2.05, 4.69) is 15.9 Å². The molecule has 0 aliphatic carbocycles. The molecule has 0 aliphatic rings. The predicted molar refractivity (Wildman–Crippen MR) is 64.3 cm³/mol. The number of rotatable bonds is 1. The van der Waals surface area contributed by atoms with Gasteiger partial charge in [-0.2, -0.15) is 0 Å². The molecular weight excluding hydrogens is 255 g/mol. The summed E-state index contributed by atoms with van der Waals surface area (Å²) in [5.41, 5.74) is 3.32. The molecule has 0 saturated heterocycles. The average Bonchev–Trinajstić information content (AvgIpc) is 2.20. The summed E-state index contributed by atoms with van der Waals surface area (Å²) in [6.45, 7) is 2.05. The van der Waals surface area contributed by atoms with Gasteiger partial charge in [0.1, 0.15) is 5.82 Å². The van der Waals surface area contributed by atoms with E-state index in [1.54, 1.807) is 6.07 Å². The summed E-state index contributed by atoms with van der Waals surface area (Å²) in [6.07, 6.45) is 0. The second kappa shape index (κ2) is 4.15. The molecule has 0 N–H and O–H groups in total. The van der Waals surface area contributed by atoms with E-state index in [1.165, 1.54) is 17.7 Å². The van der Waals surface area contributed by atoms with Gasteiger partial charge < -0.3 is 0 Å². The topological polar surface area (TPSA) is 0 Å². The fourth-order valence-electron chi connectivity index (χ4n) is 1.46. The Morgan fingerprint density at radius 3 is 2.27 bits per heavy atom. The maximum atomic E-state index is 12.9. The summed E-state index contributed by atoms with van der Waals surface area (Å²) < 4.78 is 13.7. The van der Waals surface area contributed by atoms with E-state index in [9.17, 15) is 4.39 Å². The molecule has 0 saturated carbocycles. The third kappa shape index (κ3) is 2.26. The number of benzene rings is 2. The van der Waals surface area contributed by atoms with Crippen LogP contribution < -0.4 is 0 Å². The normalized spacial score (nSPS) is 10.3. The fraction of sp³-hybridized carbons (Fsp3) is 0.0769. The van der Waals surface area contributed by atoms with Gasteiger partial charge in [-0.3, -0.25) is 0 Å². The molecular formula is C13H10BrF. The van der Waals surface area contributed by atoms with Crippen LogP contribution in [0.5, 0.6) is 0 Å². The van der Waals surface area contributed by atoms with Gasteiger partial charge in [0.15, 0.2) is 0 Å². The van der Waals surface area contributed by atoms with Crippen LogP contribution in [0.1, 0.15) is 5.56 Å². The maximum absolute atomic E-state index is 12.9. The minimum Gasteiger partial charge on any atom is -0.207 e. The fourth-order valence-corrected chi connectivity index (χ4v) is 2.04. The third-order valence-corrected chi connectivity index (χ3v) is 2.95. The van der Waals surface area contributed by atoms with Crippen LogP contribution in [-0.4, -0.2) is 0 Å². The van der Waals surface area contributed by atoms with Crippen molar-refractivity contribution in [3.63, 3.8) is 0 Å². The van der Waals surface area contributed by atoms with Gasteiger partial charge in [0.25, 0.3) is 0 Å². The molecule has 0 radical (unpaired) electrons. The first-order chi connectivity index (χ1) is 7.16. The Bertz CT molecular complexity index is 474. The third-order valence-electron chi connectivity index (χ3n) is 2.29. The van der Waals surface area contributed by atoms with Gasteiger partial charge in [0.2, 0.25) is 0 Å². The van der Waals surface area contributed by atoms with Gasteiger partial charge in [-0.05, 0) is 30.2 Å². The second-order valence-electron chi connectivity index (χ2n) is 3.49. The quantitative estimate of drug-likeness (QED) is 0.708. The van der Waals surface area contributed by atoms with Crippen molar-refractivity contribution >= 4 is 15.9 Å². The molecule has 2 heteroatoms. The summed E-state index contributed by atoms with van der Waals surface area (Å²) in [5.74, 6) is -0.224. The molecule has 0 heterocycles. The first-order valence-corrected chi connectivity index (χ1v) is 5.48. The van der Waals surface area contributed by atoms with Crippen molar-refractivity contribution in [2.24, 2.45) is 0 Å². The van der Waals surface area contributed by atoms with Crippen LogP contribution in [0.4, 0.5) is 4.39 Å². The minimum absolute atomic E-state index is 0.224. The summed E-state index contributed by atoms with van der Waals surface area (Å²) in [4.78, 5) is 0. The highest BCUT2D eigenvalue weighted by atomic mass is 79.9. The molecule has 0 bridgehead atoms.